The van der Waals surface area contributed by atoms with E-state index in [1.165, 1.54) is 19.1 Å². The highest BCUT2D eigenvalue weighted by Gasteiger charge is 2.43. The Balaban J connectivity index is 1.08. The van der Waals surface area contributed by atoms with Crippen LogP contribution in [0.3, 0.4) is 0 Å². The number of imidazole rings is 1. The molecule has 6 rings (SSSR count). The van der Waals surface area contributed by atoms with Crippen LogP contribution in [-0.2, 0) is 22.6 Å². The van der Waals surface area contributed by atoms with Crippen LogP contribution in [0.1, 0.15) is 49.1 Å². The number of fused-ring (bicyclic) bond motifs is 2. The number of aryl methyl sites for hydroxylation is 1. The predicted molar refractivity (Wildman–Crippen MR) is 166 cm³/mol. The molecule has 4 aromatic rings. The quantitative estimate of drug-likeness (QED) is 0.269. The van der Waals surface area contributed by atoms with Crippen molar-refractivity contribution < 1.29 is 27.8 Å². The Hall–Kier alpha value is -4.51. The van der Waals surface area contributed by atoms with Crippen molar-refractivity contribution >= 4 is 22.8 Å². The van der Waals surface area contributed by atoms with Gasteiger partial charge in [-0.25, -0.2) is 4.98 Å². The van der Waals surface area contributed by atoms with Crippen molar-refractivity contribution in [3.63, 3.8) is 0 Å². The second-order valence-electron chi connectivity index (χ2n) is 11.9. The van der Waals surface area contributed by atoms with Crippen molar-refractivity contribution in [1.29, 1.82) is 0 Å². The minimum atomic E-state index is -3.65. The smallest absolute Gasteiger partial charge is 0.395 e. The van der Waals surface area contributed by atoms with Crippen molar-refractivity contribution in [2.24, 2.45) is 5.73 Å². The van der Waals surface area contributed by atoms with Gasteiger partial charge in [-0.3, -0.25) is 9.59 Å². The van der Waals surface area contributed by atoms with Crippen LogP contribution in [0.5, 0.6) is 11.5 Å². The van der Waals surface area contributed by atoms with Crippen molar-refractivity contribution in [1.82, 2.24) is 19.8 Å². The molecule has 0 aliphatic carbocycles. The number of nitrogens with one attached hydrogen (secondary N) is 1. The molecule has 1 fully saturated rings. The predicted octanol–water partition coefficient (Wildman–Crippen LogP) is 5.14. The summed E-state index contributed by atoms with van der Waals surface area (Å²) in [5.41, 5.74) is 12.1. The fourth-order valence-electron chi connectivity index (χ4n) is 6.30. The zero-order valence-corrected chi connectivity index (χ0v) is 25.4. The number of halogens is 2. The van der Waals surface area contributed by atoms with Crippen molar-refractivity contribution in [3.05, 3.63) is 77.6 Å². The highest BCUT2D eigenvalue weighted by molar-refractivity contribution is 5.80. The van der Waals surface area contributed by atoms with Gasteiger partial charge in [0.2, 0.25) is 11.8 Å². The zero-order chi connectivity index (χ0) is 31.7. The molecular weight excluding hydrogens is 580 g/mol. The molecule has 0 saturated carbocycles. The second-order valence-corrected chi connectivity index (χ2v) is 11.9. The summed E-state index contributed by atoms with van der Waals surface area (Å²) in [6, 6.07) is 18.1. The first-order chi connectivity index (χ1) is 21.6. The number of ether oxygens (including phenoxy) is 2. The number of carbonyl (C=O) groups excluding carboxylic acids is 2. The van der Waals surface area contributed by atoms with Crippen molar-refractivity contribution in [3.8, 4) is 22.6 Å². The number of benzene rings is 3. The Morgan fingerprint density at radius 2 is 1.84 bits per heavy atom. The van der Waals surface area contributed by atoms with E-state index in [-0.39, 0.29) is 41.7 Å². The van der Waals surface area contributed by atoms with Crippen LogP contribution in [0.4, 0.5) is 8.78 Å². The van der Waals surface area contributed by atoms with Gasteiger partial charge in [0.05, 0.1) is 11.0 Å². The summed E-state index contributed by atoms with van der Waals surface area (Å²) >= 11 is 0. The molecule has 0 spiro atoms. The lowest BCUT2D eigenvalue weighted by Crippen LogP contribution is -2.42. The average molecular weight is 618 g/mol. The Morgan fingerprint density at radius 1 is 1.09 bits per heavy atom. The van der Waals surface area contributed by atoms with Gasteiger partial charge in [0.25, 0.3) is 0 Å². The molecule has 3 aromatic carbocycles. The molecular formula is C34H37F2N5O4. The SMILES string of the molecule is CC(=O)NCCn1c(C2CCCN(C(=O)CC(N)Cc3ccc(-c4ccc5c(c4)OC(F)(F)O5)cc3)C2)nc2c(C)cccc21. The molecule has 11 heteroatoms. The summed E-state index contributed by atoms with van der Waals surface area (Å²) in [6.07, 6.45) is -1.11. The fraction of sp³-hybridized carbons (Fsp3) is 0.382. The van der Waals surface area contributed by atoms with Crippen LogP contribution >= 0.6 is 0 Å². The van der Waals surface area contributed by atoms with Gasteiger partial charge in [-0.15, -0.1) is 8.78 Å². The van der Waals surface area contributed by atoms with Gasteiger partial charge in [0.15, 0.2) is 11.5 Å². The number of para-hydroxylation sites is 1. The third kappa shape index (κ3) is 6.78. The van der Waals surface area contributed by atoms with E-state index >= 15 is 0 Å². The minimum Gasteiger partial charge on any atom is -0.395 e. The van der Waals surface area contributed by atoms with E-state index in [0.717, 1.165) is 52.0 Å². The topological polar surface area (TPSA) is 112 Å². The van der Waals surface area contributed by atoms with Gasteiger partial charge >= 0.3 is 6.29 Å². The Bertz CT molecular complexity index is 1720. The number of nitrogens with zero attached hydrogens (tertiary/aromatic N) is 3. The second kappa shape index (κ2) is 12.5. The standard InChI is InChI=1S/C34H37F2N5O4/c1-21-5-3-7-28-32(21)39-33(41(28)16-14-38-22(2)42)26-6-4-15-40(20-26)31(43)19-27(37)17-23-8-10-24(11-9-23)25-12-13-29-30(18-25)45-34(35,36)44-29/h3,5,7-13,18,26-27H,4,6,14-17,19-20,37H2,1-2H3,(H,38,42). The number of carbonyl (C=O) groups is 2. The summed E-state index contributed by atoms with van der Waals surface area (Å²) in [6.45, 7) is 5.92. The monoisotopic (exact) mass is 617 g/mol. The number of rotatable bonds is 9. The summed E-state index contributed by atoms with van der Waals surface area (Å²) in [5.74, 6) is 0.989. The Kier molecular flexibility index (Phi) is 8.46. The van der Waals surface area contributed by atoms with Gasteiger partial charge < -0.3 is 30.0 Å². The number of likely N-dealkylation sites (tertiary alicyclic amines) is 1. The number of hydrogen-bond donors (Lipinski definition) is 2. The van der Waals surface area contributed by atoms with Gasteiger partial charge in [-0.05, 0) is 66.6 Å². The van der Waals surface area contributed by atoms with Crippen molar-refractivity contribution in [2.75, 3.05) is 19.6 Å². The summed E-state index contributed by atoms with van der Waals surface area (Å²) in [4.78, 5) is 31.9. The first-order valence-electron chi connectivity index (χ1n) is 15.3. The first kappa shape index (κ1) is 30.5. The van der Waals surface area contributed by atoms with Crippen molar-refractivity contribution in [2.45, 2.75) is 64.3 Å². The van der Waals surface area contributed by atoms with Crippen LogP contribution in [0, 0.1) is 6.92 Å². The largest absolute Gasteiger partial charge is 0.586 e. The zero-order valence-electron chi connectivity index (χ0n) is 25.4. The van der Waals surface area contributed by atoms with E-state index < -0.39 is 6.29 Å². The maximum atomic E-state index is 13.4. The van der Waals surface area contributed by atoms with E-state index in [2.05, 4.69) is 25.4 Å². The van der Waals surface area contributed by atoms with Crippen LogP contribution < -0.4 is 20.5 Å². The van der Waals surface area contributed by atoms with E-state index in [4.69, 9.17) is 10.7 Å². The molecule has 2 amide bonds. The molecule has 1 saturated heterocycles. The molecule has 45 heavy (non-hydrogen) atoms. The first-order valence-corrected chi connectivity index (χ1v) is 15.3. The summed E-state index contributed by atoms with van der Waals surface area (Å²) < 4.78 is 38.0. The molecule has 236 valence electrons. The number of amides is 2. The third-order valence-corrected chi connectivity index (χ3v) is 8.48. The van der Waals surface area contributed by atoms with E-state index in [0.29, 0.717) is 32.6 Å². The summed E-state index contributed by atoms with van der Waals surface area (Å²) in [5, 5.41) is 2.88. The minimum absolute atomic E-state index is 0.000541. The molecule has 2 aliphatic rings. The van der Waals surface area contributed by atoms with Crippen LogP contribution in [0.2, 0.25) is 0 Å². The Morgan fingerprint density at radius 3 is 2.62 bits per heavy atom. The van der Waals surface area contributed by atoms with Crippen LogP contribution in [-0.4, -0.2) is 58.2 Å². The lowest BCUT2D eigenvalue weighted by molar-refractivity contribution is -0.286. The molecule has 3 N–H and O–H groups in total. The number of piperidine rings is 1. The van der Waals surface area contributed by atoms with Gasteiger partial charge in [-0.2, -0.15) is 0 Å². The molecule has 1 aromatic heterocycles. The average Bonchev–Trinajstić information content (AvgIpc) is 3.53. The highest BCUT2D eigenvalue weighted by atomic mass is 19.3. The number of alkyl halides is 2. The summed E-state index contributed by atoms with van der Waals surface area (Å²) in [7, 11) is 0. The molecule has 9 nitrogen and oxygen atoms in total. The normalized spacial score (nSPS) is 17.8. The number of aromatic nitrogens is 2. The molecule has 0 bridgehead atoms. The van der Waals surface area contributed by atoms with Gasteiger partial charge in [0.1, 0.15) is 5.82 Å². The lowest BCUT2D eigenvalue weighted by atomic mass is 9.95. The lowest BCUT2D eigenvalue weighted by Gasteiger charge is -2.33. The fourth-order valence-corrected chi connectivity index (χ4v) is 6.30. The maximum Gasteiger partial charge on any atom is 0.586 e. The van der Waals surface area contributed by atoms with E-state index in [1.54, 1.807) is 6.07 Å². The molecule has 2 atom stereocenters. The van der Waals surface area contributed by atoms with Crippen LogP contribution in [0.25, 0.3) is 22.2 Å². The van der Waals surface area contributed by atoms with Gasteiger partial charge in [-0.1, -0.05) is 42.5 Å². The highest BCUT2D eigenvalue weighted by Crippen LogP contribution is 2.43. The molecule has 2 aliphatic heterocycles. The maximum absolute atomic E-state index is 13.4. The number of hydrogen-bond acceptors (Lipinski definition) is 6. The molecule has 0 radical (unpaired) electrons. The Labute approximate surface area is 260 Å². The number of nitrogens with two attached hydrogens (primary N) is 1. The molecule has 2 unspecified atom stereocenters. The molecule has 3 heterocycles. The van der Waals surface area contributed by atoms with E-state index in [9.17, 15) is 18.4 Å². The van der Waals surface area contributed by atoms with Gasteiger partial charge in [0, 0.05) is 51.5 Å². The van der Waals surface area contributed by atoms with E-state index in [1.807, 2.05) is 48.2 Å². The van der Waals surface area contributed by atoms with Crippen LogP contribution in [0.15, 0.2) is 60.7 Å². The third-order valence-electron chi connectivity index (χ3n) is 8.48.